The van der Waals surface area contributed by atoms with E-state index in [0.717, 1.165) is 28.3 Å². The van der Waals surface area contributed by atoms with Crippen LogP contribution in [0.4, 0.5) is 10.7 Å². The Balaban J connectivity index is 2.14. The van der Waals surface area contributed by atoms with Crippen LogP contribution in [0.2, 0.25) is 0 Å². The van der Waals surface area contributed by atoms with Crippen molar-refractivity contribution in [3.63, 3.8) is 0 Å². The van der Waals surface area contributed by atoms with Gasteiger partial charge in [-0.25, -0.2) is 4.79 Å². The van der Waals surface area contributed by atoms with Crippen molar-refractivity contribution in [1.29, 1.82) is 0 Å². The van der Waals surface area contributed by atoms with Gasteiger partial charge in [0.05, 0.1) is 18.8 Å². The highest BCUT2D eigenvalue weighted by Gasteiger charge is 2.22. The summed E-state index contributed by atoms with van der Waals surface area (Å²) in [5.74, 6) is 0.489. The predicted octanol–water partition coefficient (Wildman–Crippen LogP) is 5.00. The number of carbonyl (C=O) groups is 1. The summed E-state index contributed by atoms with van der Waals surface area (Å²) in [7, 11) is 0. The first kappa shape index (κ1) is 20.2. The second-order valence-electron chi connectivity index (χ2n) is 5.45. The van der Waals surface area contributed by atoms with Gasteiger partial charge in [-0.3, -0.25) is 0 Å². The molecule has 2 rings (SSSR count). The van der Waals surface area contributed by atoms with E-state index >= 15 is 0 Å². The molecule has 0 bridgehead atoms. The standard InChI is InChI=1S/C19H24N2O3S2/c1-5-15-12(4)26-17(16(15)18(22)24-7-3)21-19(25)20-13-8-10-14(11-9-13)23-6-2/h8-11H,5-7H2,1-4H3,(H2,20,21,25). The molecule has 1 aromatic carbocycles. The summed E-state index contributed by atoms with van der Waals surface area (Å²) in [6.07, 6.45) is 0.761. The Hall–Kier alpha value is -2.12. The smallest absolute Gasteiger partial charge is 0.341 e. The molecule has 2 N–H and O–H groups in total. The maximum atomic E-state index is 12.4. The zero-order chi connectivity index (χ0) is 19.1. The molecule has 1 heterocycles. The minimum Gasteiger partial charge on any atom is -0.494 e. The number of hydrogen-bond donors (Lipinski definition) is 2. The first-order chi connectivity index (χ1) is 12.5. The van der Waals surface area contributed by atoms with E-state index in [-0.39, 0.29) is 5.97 Å². The van der Waals surface area contributed by atoms with Crippen molar-refractivity contribution in [3.8, 4) is 5.75 Å². The number of nitrogens with one attached hydrogen (secondary N) is 2. The number of aryl methyl sites for hydroxylation is 1. The number of thiophene rings is 1. The molecule has 0 saturated carbocycles. The lowest BCUT2D eigenvalue weighted by molar-refractivity contribution is 0.0527. The van der Waals surface area contributed by atoms with Gasteiger partial charge in [0, 0.05) is 10.6 Å². The van der Waals surface area contributed by atoms with Crippen molar-refractivity contribution in [2.75, 3.05) is 23.8 Å². The molecule has 2 aromatic rings. The Morgan fingerprint density at radius 2 is 1.81 bits per heavy atom. The Morgan fingerprint density at radius 1 is 1.12 bits per heavy atom. The third kappa shape index (κ3) is 4.95. The van der Waals surface area contributed by atoms with E-state index < -0.39 is 0 Å². The number of rotatable bonds is 7. The molecule has 0 unspecified atom stereocenters. The van der Waals surface area contributed by atoms with Crippen molar-refractivity contribution >= 4 is 45.3 Å². The van der Waals surface area contributed by atoms with Gasteiger partial charge in [-0.15, -0.1) is 11.3 Å². The van der Waals surface area contributed by atoms with Gasteiger partial charge >= 0.3 is 5.97 Å². The zero-order valence-electron chi connectivity index (χ0n) is 15.5. The summed E-state index contributed by atoms with van der Waals surface area (Å²) in [6, 6.07) is 7.54. The van der Waals surface area contributed by atoms with Gasteiger partial charge in [-0.1, -0.05) is 6.92 Å². The van der Waals surface area contributed by atoms with Gasteiger partial charge in [0.2, 0.25) is 0 Å². The van der Waals surface area contributed by atoms with Crippen LogP contribution >= 0.6 is 23.6 Å². The van der Waals surface area contributed by atoms with Crippen LogP contribution < -0.4 is 15.4 Å². The van der Waals surface area contributed by atoms with Gasteiger partial charge in [-0.2, -0.15) is 0 Å². The van der Waals surface area contributed by atoms with E-state index in [9.17, 15) is 4.79 Å². The van der Waals surface area contributed by atoms with E-state index in [0.29, 0.717) is 28.9 Å². The second-order valence-corrected chi connectivity index (χ2v) is 7.08. The highest BCUT2D eigenvalue weighted by Crippen LogP contribution is 2.34. The Bertz CT molecular complexity index is 770. The van der Waals surface area contributed by atoms with E-state index in [2.05, 4.69) is 10.6 Å². The van der Waals surface area contributed by atoms with Crippen molar-refractivity contribution in [3.05, 3.63) is 40.3 Å². The fourth-order valence-corrected chi connectivity index (χ4v) is 4.00. The summed E-state index contributed by atoms with van der Waals surface area (Å²) in [5.41, 5.74) is 2.42. The zero-order valence-corrected chi connectivity index (χ0v) is 17.1. The average Bonchev–Trinajstić information content (AvgIpc) is 2.92. The maximum Gasteiger partial charge on any atom is 0.341 e. The monoisotopic (exact) mass is 392 g/mol. The van der Waals surface area contributed by atoms with Crippen LogP contribution in [0.15, 0.2) is 24.3 Å². The summed E-state index contributed by atoms with van der Waals surface area (Å²) in [6.45, 7) is 8.73. The molecule has 1 aromatic heterocycles. The molecule has 0 fully saturated rings. The highest BCUT2D eigenvalue weighted by molar-refractivity contribution is 7.80. The Morgan fingerprint density at radius 3 is 2.38 bits per heavy atom. The lowest BCUT2D eigenvalue weighted by Crippen LogP contribution is -2.20. The van der Waals surface area contributed by atoms with Crippen LogP contribution in [-0.2, 0) is 11.2 Å². The molecular weight excluding hydrogens is 368 g/mol. The number of anilines is 2. The fraction of sp³-hybridized carbons (Fsp3) is 0.368. The molecule has 5 nitrogen and oxygen atoms in total. The van der Waals surface area contributed by atoms with Crippen molar-refractivity contribution in [2.24, 2.45) is 0 Å². The van der Waals surface area contributed by atoms with Crippen LogP contribution in [0.3, 0.4) is 0 Å². The number of hydrogen-bond acceptors (Lipinski definition) is 5. The summed E-state index contributed by atoms with van der Waals surface area (Å²) in [4.78, 5) is 13.4. The van der Waals surface area contributed by atoms with Crippen LogP contribution in [0.25, 0.3) is 0 Å². The van der Waals surface area contributed by atoms with Crippen LogP contribution in [-0.4, -0.2) is 24.3 Å². The quantitative estimate of drug-likeness (QED) is 0.511. The normalized spacial score (nSPS) is 10.3. The van der Waals surface area contributed by atoms with Crippen LogP contribution in [0.1, 0.15) is 41.6 Å². The maximum absolute atomic E-state index is 12.4. The predicted molar refractivity (Wildman–Crippen MR) is 112 cm³/mol. The molecule has 0 saturated heterocycles. The topological polar surface area (TPSA) is 59.6 Å². The van der Waals surface area contributed by atoms with Crippen LogP contribution in [0, 0.1) is 6.92 Å². The molecule has 7 heteroatoms. The molecule has 26 heavy (non-hydrogen) atoms. The summed E-state index contributed by atoms with van der Waals surface area (Å²) < 4.78 is 10.6. The van der Waals surface area contributed by atoms with Crippen molar-refractivity contribution < 1.29 is 14.3 Å². The van der Waals surface area contributed by atoms with Crippen molar-refractivity contribution in [1.82, 2.24) is 0 Å². The first-order valence-electron chi connectivity index (χ1n) is 8.60. The Kier molecular flexibility index (Phi) is 7.41. The van der Waals surface area contributed by atoms with E-state index in [1.807, 2.05) is 45.0 Å². The van der Waals surface area contributed by atoms with Crippen LogP contribution in [0.5, 0.6) is 5.75 Å². The molecule has 0 spiro atoms. The number of ether oxygens (including phenoxy) is 2. The molecule has 140 valence electrons. The lowest BCUT2D eigenvalue weighted by Gasteiger charge is -2.12. The third-order valence-corrected chi connectivity index (χ3v) is 4.96. The number of thiocarbonyl (C=S) groups is 1. The van der Waals surface area contributed by atoms with Gasteiger partial charge in [0.15, 0.2) is 5.11 Å². The molecule has 0 aliphatic heterocycles. The van der Waals surface area contributed by atoms with Gasteiger partial charge in [0.25, 0.3) is 0 Å². The molecule has 0 aliphatic carbocycles. The number of esters is 1. The average molecular weight is 393 g/mol. The number of benzene rings is 1. The highest BCUT2D eigenvalue weighted by atomic mass is 32.1. The molecule has 0 aliphatic rings. The minimum atomic E-state index is -0.319. The van der Waals surface area contributed by atoms with E-state index in [1.165, 1.54) is 11.3 Å². The lowest BCUT2D eigenvalue weighted by atomic mass is 10.1. The first-order valence-corrected chi connectivity index (χ1v) is 9.82. The van der Waals surface area contributed by atoms with Gasteiger partial charge < -0.3 is 20.1 Å². The number of carbonyl (C=O) groups excluding carboxylic acids is 1. The van der Waals surface area contributed by atoms with E-state index in [1.54, 1.807) is 6.92 Å². The van der Waals surface area contributed by atoms with Gasteiger partial charge in [-0.05, 0) is 69.2 Å². The molecular formula is C19H24N2O3S2. The molecule has 0 radical (unpaired) electrons. The molecule has 0 amide bonds. The third-order valence-electron chi connectivity index (χ3n) is 3.69. The van der Waals surface area contributed by atoms with Gasteiger partial charge in [0.1, 0.15) is 10.8 Å². The minimum absolute atomic E-state index is 0.319. The Labute approximate surface area is 163 Å². The summed E-state index contributed by atoms with van der Waals surface area (Å²) in [5, 5.41) is 7.39. The van der Waals surface area contributed by atoms with E-state index in [4.69, 9.17) is 21.7 Å². The SMILES string of the molecule is CCOC(=O)c1c(NC(=S)Nc2ccc(OCC)cc2)sc(C)c1CC. The molecule has 0 atom stereocenters. The fourth-order valence-electron chi connectivity index (χ4n) is 2.58. The largest absolute Gasteiger partial charge is 0.494 e. The van der Waals surface area contributed by atoms with Crippen molar-refractivity contribution in [2.45, 2.75) is 34.1 Å². The summed E-state index contributed by atoms with van der Waals surface area (Å²) >= 11 is 6.91. The second kappa shape index (κ2) is 9.54.